The van der Waals surface area contributed by atoms with Gasteiger partial charge in [0, 0.05) is 63.1 Å². The number of unbranched alkanes of at least 4 members (excludes halogenated alkanes) is 3. The zero-order valence-electron chi connectivity index (χ0n) is 49.7. The molecule has 1 fully saturated rings. The summed E-state index contributed by atoms with van der Waals surface area (Å²) in [6.07, 6.45) is 3.46. The minimum atomic E-state index is -1.37. The van der Waals surface area contributed by atoms with Gasteiger partial charge < -0.3 is 76.8 Å². The van der Waals surface area contributed by atoms with E-state index in [9.17, 15) is 43.8 Å². The Hall–Kier alpha value is -8.02. The fourth-order valence-corrected chi connectivity index (χ4v) is 10.2. The smallest absolute Gasteiger partial charge is 0.326 e. The molecule has 27 nitrogen and oxygen atoms in total. The van der Waals surface area contributed by atoms with Gasteiger partial charge in [0.25, 0.3) is 5.91 Å². The number of aliphatic hydroxyl groups is 1. The summed E-state index contributed by atoms with van der Waals surface area (Å²) in [6, 6.07) is 11.2. The molecular weight excluding hydrogens is 1150 g/mol. The number of rotatable bonds is 37. The third kappa shape index (κ3) is 22.3. The number of hydrogen-bond acceptors (Lipinski definition) is 21. The molecule has 5 aromatic rings. The van der Waals surface area contributed by atoms with Crippen molar-refractivity contribution in [3.8, 4) is 10.4 Å². The number of carboxylic acid groups (broad SMARTS) is 2. The Morgan fingerprint density at radius 3 is 2.03 bits per heavy atom. The van der Waals surface area contributed by atoms with E-state index < -0.39 is 65.7 Å². The number of fused-ring (bicyclic) bond motifs is 1. The number of carboxylic acids is 2. The average Bonchev–Trinajstić information content (AvgIpc) is 2.19. The van der Waals surface area contributed by atoms with Crippen LogP contribution in [0.2, 0.25) is 0 Å². The average molecular weight is 1230 g/mol. The van der Waals surface area contributed by atoms with Gasteiger partial charge in [0.2, 0.25) is 29.6 Å². The molecule has 4 atom stereocenters. The standard InChI is InChI=1S/C59H81N13O14S/c1-37-50(87-36-65-37)39-11-9-38(10-12-39)32-64-55(79)45-31-43(73)35-72(45)56(80)51(59(2,3)4)68-47(75)20-24-84-26-28-86-30-29-85-27-25-83-23-19-46(74)62-21-7-5-6-8-22-71(34-41-33-63-53-49(66-41)52(60)69-58(61)70-53)42-15-13-40(14-16-42)54(78)67-44(57(81)82)17-18-48(76)77/h9-16,33,36,43-45,51,73H,5-8,17-32,34-35H2,1-4H3,(H,62,74)(H,64,79)(H,67,78)(H,68,75)(H,76,77)(H,81,82)(H4,60,61,63,69,70)/t43-,44-,45+,51?/m1/s1. The van der Waals surface area contributed by atoms with E-state index in [1.54, 1.807) is 47.3 Å². The van der Waals surface area contributed by atoms with Crippen LogP contribution < -0.4 is 37.6 Å². The molecule has 1 aliphatic rings. The highest BCUT2D eigenvalue weighted by molar-refractivity contribution is 7.13. The van der Waals surface area contributed by atoms with Crippen molar-refractivity contribution in [1.29, 1.82) is 0 Å². The van der Waals surface area contributed by atoms with Crippen molar-refractivity contribution in [1.82, 2.24) is 51.1 Å². The van der Waals surface area contributed by atoms with E-state index in [-0.39, 0.29) is 100.0 Å². The molecule has 0 aliphatic carbocycles. The van der Waals surface area contributed by atoms with Crippen molar-refractivity contribution in [2.45, 2.75) is 123 Å². The first-order valence-electron chi connectivity index (χ1n) is 28.9. The monoisotopic (exact) mass is 1230 g/mol. The van der Waals surface area contributed by atoms with Crippen LogP contribution in [0.25, 0.3) is 21.6 Å². The Labute approximate surface area is 508 Å². The lowest BCUT2D eigenvalue weighted by Gasteiger charge is -2.35. The molecule has 4 heterocycles. The Kier molecular flexibility index (Phi) is 26.9. The minimum Gasteiger partial charge on any atom is -0.481 e. The van der Waals surface area contributed by atoms with Gasteiger partial charge in [-0.2, -0.15) is 9.97 Å². The molecule has 28 heteroatoms. The van der Waals surface area contributed by atoms with Gasteiger partial charge in [-0.1, -0.05) is 57.9 Å². The first-order valence-corrected chi connectivity index (χ1v) is 29.8. The molecule has 5 amide bonds. The maximum absolute atomic E-state index is 14.0. The third-order valence-electron chi connectivity index (χ3n) is 14.1. The molecule has 0 bridgehead atoms. The van der Waals surface area contributed by atoms with Gasteiger partial charge >= 0.3 is 11.9 Å². The van der Waals surface area contributed by atoms with Crippen LogP contribution in [0.4, 0.5) is 17.5 Å². The largest absolute Gasteiger partial charge is 0.481 e. The molecule has 3 aromatic heterocycles. The first-order chi connectivity index (χ1) is 41.7. The number of nitrogens with zero attached hydrogens (tertiary/aromatic N) is 7. The fraction of sp³-hybridized carbons (Fsp3) is 0.525. The van der Waals surface area contributed by atoms with Crippen molar-refractivity contribution < 1.29 is 67.8 Å². The van der Waals surface area contributed by atoms with Gasteiger partial charge in [-0.05, 0) is 67.0 Å². The van der Waals surface area contributed by atoms with Crippen LogP contribution in [-0.4, -0.2) is 183 Å². The Morgan fingerprint density at radius 2 is 1.41 bits per heavy atom. The molecule has 6 rings (SSSR count). The molecule has 2 aromatic carbocycles. The molecule has 472 valence electrons. The fourth-order valence-electron chi connectivity index (χ4n) is 9.35. The van der Waals surface area contributed by atoms with Gasteiger partial charge in [0.05, 0.1) is 93.5 Å². The normalized spacial score (nSPS) is 14.7. The highest BCUT2D eigenvalue weighted by Gasteiger charge is 2.44. The molecular formula is C59H81N13O14S. The molecule has 0 spiro atoms. The van der Waals surface area contributed by atoms with Gasteiger partial charge in [0.15, 0.2) is 17.0 Å². The number of nitrogen functional groups attached to an aromatic ring is 2. The number of hydrogen-bond donors (Lipinski definition) is 9. The summed E-state index contributed by atoms with van der Waals surface area (Å²) >= 11 is 1.56. The van der Waals surface area contributed by atoms with E-state index in [2.05, 4.69) is 46.2 Å². The first kappa shape index (κ1) is 68.1. The zero-order valence-corrected chi connectivity index (χ0v) is 50.5. The molecule has 1 aliphatic heterocycles. The van der Waals surface area contributed by atoms with Crippen LogP contribution in [0.3, 0.4) is 0 Å². The van der Waals surface area contributed by atoms with Crippen LogP contribution in [0, 0.1) is 12.3 Å². The van der Waals surface area contributed by atoms with Gasteiger partial charge in [0.1, 0.15) is 18.1 Å². The van der Waals surface area contributed by atoms with Crippen molar-refractivity contribution in [3.63, 3.8) is 0 Å². The van der Waals surface area contributed by atoms with Crippen molar-refractivity contribution in [2.24, 2.45) is 5.41 Å². The summed E-state index contributed by atoms with van der Waals surface area (Å²) in [7, 11) is 0. The number of nitrogens with one attached hydrogen (secondary N) is 4. The maximum atomic E-state index is 14.0. The quantitative estimate of drug-likeness (QED) is 0.0257. The minimum absolute atomic E-state index is 0.00610. The molecule has 0 saturated carbocycles. The van der Waals surface area contributed by atoms with E-state index in [1.165, 1.54) is 4.90 Å². The van der Waals surface area contributed by atoms with Crippen molar-refractivity contribution in [3.05, 3.63) is 82.8 Å². The summed E-state index contributed by atoms with van der Waals surface area (Å²) in [5.41, 5.74) is 17.8. The summed E-state index contributed by atoms with van der Waals surface area (Å²) in [5.74, 6) is -4.46. The summed E-state index contributed by atoms with van der Waals surface area (Å²) < 4.78 is 22.3. The highest BCUT2D eigenvalue weighted by atomic mass is 32.1. The number of likely N-dealkylation sites (tertiary alicyclic amines) is 1. The van der Waals surface area contributed by atoms with E-state index in [1.807, 2.05) is 56.9 Å². The molecule has 87 heavy (non-hydrogen) atoms. The number of ether oxygens (including phenoxy) is 4. The van der Waals surface area contributed by atoms with E-state index in [0.29, 0.717) is 57.3 Å². The number of thiazole rings is 1. The Morgan fingerprint density at radius 1 is 0.770 bits per heavy atom. The number of anilines is 3. The van der Waals surface area contributed by atoms with E-state index in [0.717, 1.165) is 53.1 Å². The van der Waals surface area contributed by atoms with Crippen LogP contribution in [-0.2, 0) is 60.8 Å². The number of aromatic nitrogens is 5. The lowest BCUT2D eigenvalue weighted by atomic mass is 9.85. The number of carbonyl (C=O) groups is 7. The van der Waals surface area contributed by atoms with Crippen LogP contribution in [0.15, 0.2) is 60.2 Å². The number of β-amino-alcohol motifs (C(OH)–C–C–N with tert-alkyl or cyclic N) is 1. The van der Waals surface area contributed by atoms with E-state index >= 15 is 0 Å². The van der Waals surface area contributed by atoms with Crippen molar-refractivity contribution in [2.75, 3.05) is 88.9 Å². The SMILES string of the molecule is Cc1ncsc1-c1ccc(CNC(=O)[C@@H]2C[C@@H](O)CN2C(=O)C(NC(=O)CCOCCOCCOCCOCCC(=O)NCCCCCCN(Cc2cnc3nc(N)nc(N)c3n2)c2ccc(C(=O)N[C@H](CCC(=O)O)C(=O)O)cc2)C(C)(C)C)cc1. The topological polar surface area (TPSA) is 388 Å². The lowest BCUT2D eigenvalue weighted by molar-refractivity contribution is -0.144. The number of aliphatic hydroxyl groups excluding tert-OH is 1. The predicted molar refractivity (Wildman–Crippen MR) is 323 cm³/mol. The summed E-state index contributed by atoms with van der Waals surface area (Å²) in [4.78, 5) is 114. The number of benzene rings is 2. The second-order valence-electron chi connectivity index (χ2n) is 21.9. The number of aliphatic carboxylic acids is 2. The van der Waals surface area contributed by atoms with Gasteiger partial charge in [-0.15, -0.1) is 11.3 Å². The second-order valence-corrected chi connectivity index (χ2v) is 22.8. The summed E-state index contributed by atoms with van der Waals surface area (Å²) in [5, 5.41) is 40.1. The highest BCUT2D eigenvalue weighted by Crippen LogP contribution is 2.29. The number of amides is 5. The van der Waals surface area contributed by atoms with Crippen LogP contribution >= 0.6 is 11.3 Å². The number of nitrogens with two attached hydrogens (primary N) is 2. The van der Waals surface area contributed by atoms with Gasteiger partial charge in [-0.25, -0.2) is 19.7 Å². The number of aryl methyl sites for hydroxylation is 1. The Bertz CT molecular complexity index is 3070. The third-order valence-corrected chi connectivity index (χ3v) is 15.0. The summed E-state index contributed by atoms with van der Waals surface area (Å²) in [6.45, 7) is 11.1. The lowest BCUT2D eigenvalue weighted by Crippen LogP contribution is -2.57. The molecule has 11 N–H and O–H groups in total. The van der Waals surface area contributed by atoms with Crippen molar-refractivity contribution >= 4 is 81.4 Å². The Balaban J connectivity index is 0.787. The van der Waals surface area contributed by atoms with Gasteiger partial charge in [-0.3, -0.25) is 28.8 Å². The van der Waals surface area contributed by atoms with E-state index in [4.69, 9.17) is 35.5 Å². The molecule has 1 unspecified atom stereocenters. The second kappa shape index (κ2) is 34.4. The predicted octanol–water partition coefficient (Wildman–Crippen LogP) is 3.40. The number of carbonyl (C=O) groups excluding carboxylic acids is 5. The zero-order chi connectivity index (χ0) is 62.9. The molecule has 1 saturated heterocycles. The maximum Gasteiger partial charge on any atom is 0.326 e. The van der Waals surface area contributed by atoms with Crippen LogP contribution in [0.5, 0.6) is 0 Å². The molecule has 0 radical (unpaired) electrons. The van der Waals surface area contributed by atoms with Crippen LogP contribution in [0.1, 0.15) is 106 Å².